The van der Waals surface area contributed by atoms with Crippen LogP contribution in [0.1, 0.15) is 39.0 Å². The maximum absolute atomic E-state index is 10.3. The molecule has 2 nitrogen and oxygen atoms in total. The summed E-state index contributed by atoms with van der Waals surface area (Å²) in [6.45, 7) is 2.20. The summed E-state index contributed by atoms with van der Waals surface area (Å²) in [4.78, 5) is 0. The van der Waals surface area contributed by atoms with Gasteiger partial charge in [0.15, 0.2) is 0 Å². The van der Waals surface area contributed by atoms with Crippen LogP contribution in [0.4, 0.5) is 0 Å². The molecule has 2 unspecified atom stereocenters. The van der Waals surface area contributed by atoms with E-state index in [1.165, 1.54) is 12.8 Å². The Morgan fingerprint density at radius 1 is 1.15 bits per heavy atom. The number of hydrogen-bond donors (Lipinski definition) is 2. The van der Waals surface area contributed by atoms with Crippen LogP contribution in [-0.4, -0.2) is 16.2 Å². The van der Waals surface area contributed by atoms with Gasteiger partial charge in [0.05, 0.1) is 5.60 Å². The first-order valence-corrected chi connectivity index (χ1v) is 5.51. The zero-order chi connectivity index (χ0) is 9.27. The molecule has 0 aliphatic heterocycles. The molecule has 0 spiro atoms. The molecule has 0 saturated heterocycles. The Balaban J connectivity index is 1.99. The van der Waals surface area contributed by atoms with E-state index in [4.69, 9.17) is 5.73 Å². The monoisotopic (exact) mass is 181 g/mol. The van der Waals surface area contributed by atoms with Crippen molar-refractivity contribution in [1.29, 1.82) is 0 Å². The first-order chi connectivity index (χ1) is 6.00. The van der Waals surface area contributed by atoms with E-state index in [1.807, 2.05) is 0 Å². The van der Waals surface area contributed by atoms with Crippen molar-refractivity contribution in [2.75, 3.05) is 0 Å². The van der Waals surface area contributed by atoms with E-state index in [0.717, 1.165) is 25.2 Å². The van der Waals surface area contributed by atoms with E-state index in [-0.39, 0.29) is 11.1 Å². The summed E-state index contributed by atoms with van der Waals surface area (Å²) >= 11 is 0. The van der Waals surface area contributed by atoms with Crippen molar-refractivity contribution in [3.8, 4) is 0 Å². The van der Waals surface area contributed by atoms with Gasteiger partial charge in [0, 0.05) is 5.54 Å². The molecule has 0 aromatic rings. The lowest BCUT2D eigenvalue weighted by Crippen LogP contribution is -2.66. The van der Waals surface area contributed by atoms with E-state index < -0.39 is 0 Å². The molecule has 2 atom stereocenters. The van der Waals surface area contributed by atoms with Gasteiger partial charge in [-0.25, -0.2) is 0 Å². The summed E-state index contributed by atoms with van der Waals surface area (Å²) in [5.74, 6) is 1.95. The van der Waals surface area contributed by atoms with Gasteiger partial charge in [-0.1, -0.05) is 0 Å². The van der Waals surface area contributed by atoms with Crippen LogP contribution >= 0.6 is 0 Å². The van der Waals surface area contributed by atoms with Gasteiger partial charge in [-0.3, -0.25) is 0 Å². The van der Waals surface area contributed by atoms with Crippen molar-refractivity contribution in [1.82, 2.24) is 0 Å². The number of aliphatic hydroxyl groups is 1. The number of rotatable bonds is 0. The summed E-state index contributed by atoms with van der Waals surface area (Å²) in [6.07, 6.45) is 5.52. The third-order valence-electron chi connectivity index (χ3n) is 4.92. The second-order valence-corrected chi connectivity index (χ2v) is 5.93. The topological polar surface area (TPSA) is 46.2 Å². The standard InChI is InChI=1S/C11H19NO/c1-10(12)8-2-7-3-9(10)6-11(13,4-7)5-8/h7-9,13H,2-6,12H2,1H3/t7?,8?,9?,10-,11-. The summed E-state index contributed by atoms with van der Waals surface area (Å²) in [7, 11) is 0. The normalized spacial score (nSPS) is 64.4. The van der Waals surface area contributed by atoms with Crippen LogP contribution in [0, 0.1) is 17.8 Å². The fourth-order valence-electron chi connectivity index (χ4n) is 4.22. The third-order valence-corrected chi connectivity index (χ3v) is 4.92. The molecule has 3 N–H and O–H groups in total. The molecule has 0 amide bonds. The van der Waals surface area contributed by atoms with Crippen molar-refractivity contribution in [3.63, 3.8) is 0 Å². The molecule has 4 bridgehead atoms. The van der Waals surface area contributed by atoms with Crippen LogP contribution in [-0.2, 0) is 0 Å². The molecule has 4 aliphatic rings. The second-order valence-electron chi connectivity index (χ2n) is 5.93. The highest BCUT2D eigenvalue weighted by Gasteiger charge is 2.58. The van der Waals surface area contributed by atoms with Crippen molar-refractivity contribution < 1.29 is 5.11 Å². The Morgan fingerprint density at radius 3 is 2.15 bits per heavy atom. The van der Waals surface area contributed by atoms with Gasteiger partial charge in [-0.15, -0.1) is 0 Å². The van der Waals surface area contributed by atoms with Gasteiger partial charge in [-0.2, -0.15) is 0 Å². The fraction of sp³-hybridized carbons (Fsp3) is 1.00. The molecule has 0 aromatic carbocycles. The lowest BCUT2D eigenvalue weighted by atomic mass is 9.48. The van der Waals surface area contributed by atoms with Crippen LogP contribution in [0.5, 0.6) is 0 Å². The highest BCUT2D eigenvalue weighted by molar-refractivity contribution is 5.12. The van der Waals surface area contributed by atoms with Gasteiger partial charge in [-0.05, 0) is 56.8 Å². The zero-order valence-electron chi connectivity index (χ0n) is 8.29. The minimum Gasteiger partial charge on any atom is -0.390 e. The Hall–Kier alpha value is -0.0800. The highest BCUT2D eigenvalue weighted by Crippen LogP contribution is 2.58. The van der Waals surface area contributed by atoms with E-state index in [1.54, 1.807) is 0 Å². The van der Waals surface area contributed by atoms with Gasteiger partial charge in [0.2, 0.25) is 0 Å². The van der Waals surface area contributed by atoms with Crippen molar-refractivity contribution >= 4 is 0 Å². The molecule has 0 heterocycles. The average Bonchev–Trinajstić information content (AvgIpc) is 1.97. The van der Waals surface area contributed by atoms with Crippen LogP contribution < -0.4 is 5.73 Å². The summed E-state index contributed by atoms with van der Waals surface area (Å²) in [5.41, 5.74) is 6.05. The first kappa shape index (κ1) is 8.25. The SMILES string of the molecule is C[C@]1(N)C2CC3CC1C[C@](O)(C3)C2. The largest absolute Gasteiger partial charge is 0.390 e. The summed E-state index contributed by atoms with van der Waals surface area (Å²) in [5, 5.41) is 10.3. The molecule has 4 aliphatic carbocycles. The van der Waals surface area contributed by atoms with Crippen LogP contribution in [0.2, 0.25) is 0 Å². The average molecular weight is 181 g/mol. The lowest BCUT2D eigenvalue weighted by molar-refractivity contribution is -0.156. The van der Waals surface area contributed by atoms with Crippen LogP contribution in [0.15, 0.2) is 0 Å². The molecular weight excluding hydrogens is 162 g/mol. The van der Waals surface area contributed by atoms with Crippen LogP contribution in [0.3, 0.4) is 0 Å². The van der Waals surface area contributed by atoms with Gasteiger partial charge in [0.25, 0.3) is 0 Å². The van der Waals surface area contributed by atoms with E-state index >= 15 is 0 Å². The van der Waals surface area contributed by atoms with Gasteiger partial charge < -0.3 is 10.8 Å². The van der Waals surface area contributed by atoms with Crippen molar-refractivity contribution in [3.05, 3.63) is 0 Å². The van der Waals surface area contributed by atoms with Crippen molar-refractivity contribution in [2.24, 2.45) is 23.5 Å². The molecular formula is C11H19NO. The first-order valence-electron chi connectivity index (χ1n) is 5.51. The molecule has 4 fully saturated rings. The van der Waals surface area contributed by atoms with Gasteiger partial charge >= 0.3 is 0 Å². The van der Waals surface area contributed by atoms with Crippen LogP contribution in [0.25, 0.3) is 0 Å². The van der Waals surface area contributed by atoms with E-state index in [2.05, 4.69) is 6.92 Å². The predicted molar refractivity (Wildman–Crippen MR) is 51.1 cm³/mol. The smallest absolute Gasteiger partial charge is 0.0657 e. The molecule has 13 heavy (non-hydrogen) atoms. The van der Waals surface area contributed by atoms with Crippen molar-refractivity contribution in [2.45, 2.75) is 50.2 Å². The summed E-state index contributed by atoms with van der Waals surface area (Å²) < 4.78 is 0. The van der Waals surface area contributed by atoms with Gasteiger partial charge in [0.1, 0.15) is 0 Å². The molecule has 4 saturated carbocycles. The molecule has 74 valence electrons. The van der Waals surface area contributed by atoms with E-state index in [9.17, 15) is 5.11 Å². The highest BCUT2D eigenvalue weighted by atomic mass is 16.3. The molecule has 0 aromatic heterocycles. The Morgan fingerprint density at radius 2 is 1.69 bits per heavy atom. The molecule has 2 heteroatoms. The second kappa shape index (κ2) is 2.12. The fourth-order valence-corrected chi connectivity index (χ4v) is 4.22. The lowest BCUT2D eigenvalue weighted by Gasteiger charge is -2.61. The maximum Gasteiger partial charge on any atom is 0.0657 e. The van der Waals surface area contributed by atoms with E-state index in [0.29, 0.717) is 11.8 Å². The minimum absolute atomic E-state index is 0.0170. The summed E-state index contributed by atoms with van der Waals surface area (Å²) in [6, 6.07) is 0. The number of nitrogens with two attached hydrogens (primary N) is 1. The maximum atomic E-state index is 10.3. The third kappa shape index (κ3) is 0.962. The molecule has 4 rings (SSSR count). The Labute approximate surface area is 79.5 Å². The molecule has 0 radical (unpaired) electrons. The quantitative estimate of drug-likeness (QED) is 0.591. The predicted octanol–water partition coefficient (Wildman–Crippen LogP) is 1.27. The Kier molecular flexibility index (Phi) is 1.34. The Bertz CT molecular complexity index is 230. The zero-order valence-corrected chi connectivity index (χ0v) is 8.29. The minimum atomic E-state index is -0.324. The number of hydrogen-bond acceptors (Lipinski definition) is 2.